The molecule has 2 unspecified atom stereocenters. The SMILES string of the molecule is Cc1ccc(OC2CCCCCC2N)nn1. The first kappa shape index (κ1) is 11.3. The van der Waals surface area contributed by atoms with Gasteiger partial charge in [0.1, 0.15) is 6.10 Å². The lowest BCUT2D eigenvalue weighted by molar-refractivity contribution is 0.154. The number of aromatic nitrogens is 2. The zero-order chi connectivity index (χ0) is 11.4. The van der Waals surface area contributed by atoms with E-state index in [1.54, 1.807) is 0 Å². The summed E-state index contributed by atoms with van der Waals surface area (Å²) in [6.45, 7) is 1.91. The van der Waals surface area contributed by atoms with Crippen molar-refractivity contribution in [1.29, 1.82) is 0 Å². The first-order valence-corrected chi connectivity index (χ1v) is 5.98. The van der Waals surface area contributed by atoms with Gasteiger partial charge in [0.2, 0.25) is 5.88 Å². The number of nitrogens with two attached hydrogens (primary N) is 1. The molecule has 88 valence electrons. The minimum Gasteiger partial charge on any atom is -0.472 e. The monoisotopic (exact) mass is 221 g/mol. The van der Waals surface area contributed by atoms with E-state index in [0.29, 0.717) is 5.88 Å². The minimum absolute atomic E-state index is 0.0968. The van der Waals surface area contributed by atoms with Crippen molar-refractivity contribution in [3.05, 3.63) is 17.8 Å². The maximum absolute atomic E-state index is 6.08. The van der Waals surface area contributed by atoms with Gasteiger partial charge in [-0.15, -0.1) is 5.10 Å². The highest BCUT2D eigenvalue weighted by Gasteiger charge is 2.22. The third-order valence-electron chi connectivity index (χ3n) is 3.05. The molecule has 0 radical (unpaired) electrons. The molecule has 16 heavy (non-hydrogen) atoms. The third-order valence-corrected chi connectivity index (χ3v) is 3.05. The smallest absolute Gasteiger partial charge is 0.233 e. The van der Waals surface area contributed by atoms with Crippen molar-refractivity contribution in [2.75, 3.05) is 0 Å². The van der Waals surface area contributed by atoms with Gasteiger partial charge in [-0.25, -0.2) is 0 Å². The zero-order valence-electron chi connectivity index (χ0n) is 9.72. The fourth-order valence-electron chi connectivity index (χ4n) is 2.05. The van der Waals surface area contributed by atoms with E-state index in [1.165, 1.54) is 19.3 Å². The van der Waals surface area contributed by atoms with Crippen LogP contribution in [0.2, 0.25) is 0 Å². The van der Waals surface area contributed by atoms with Gasteiger partial charge in [0, 0.05) is 12.1 Å². The first-order chi connectivity index (χ1) is 7.75. The molecule has 0 saturated heterocycles. The Balaban J connectivity index is 1.99. The standard InChI is InChI=1S/C12H19N3O/c1-9-7-8-12(15-14-9)16-11-6-4-2-3-5-10(11)13/h7-8,10-11H,2-6,13H2,1H3. The lowest BCUT2D eigenvalue weighted by Crippen LogP contribution is -2.38. The molecule has 1 aliphatic rings. The average Bonchev–Trinajstić information content (AvgIpc) is 2.48. The summed E-state index contributed by atoms with van der Waals surface area (Å²) in [6.07, 6.45) is 5.83. The zero-order valence-corrected chi connectivity index (χ0v) is 9.72. The molecular formula is C12H19N3O. The van der Waals surface area contributed by atoms with E-state index in [-0.39, 0.29) is 12.1 Å². The number of aryl methyl sites for hydroxylation is 1. The van der Waals surface area contributed by atoms with E-state index < -0.39 is 0 Å². The normalized spacial score (nSPS) is 26.1. The van der Waals surface area contributed by atoms with Crippen LogP contribution in [0.3, 0.4) is 0 Å². The number of hydrogen-bond acceptors (Lipinski definition) is 4. The van der Waals surface area contributed by atoms with E-state index >= 15 is 0 Å². The molecule has 1 heterocycles. The highest BCUT2D eigenvalue weighted by molar-refractivity contribution is 5.11. The Hall–Kier alpha value is -1.16. The second kappa shape index (κ2) is 5.25. The highest BCUT2D eigenvalue weighted by Crippen LogP contribution is 2.20. The number of rotatable bonds is 2. The highest BCUT2D eigenvalue weighted by atomic mass is 16.5. The van der Waals surface area contributed by atoms with Gasteiger partial charge in [0.05, 0.1) is 5.69 Å². The van der Waals surface area contributed by atoms with E-state index in [4.69, 9.17) is 10.5 Å². The van der Waals surface area contributed by atoms with E-state index in [2.05, 4.69) is 10.2 Å². The van der Waals surface area contributed by atoms with E-state index in [1.807, 2.05) is 19.1 Å². The molecule has 2 atom stereocenters. The lowest BCUT2D eigenvalue weighted by atomic mass is 10.1. The van der Waals surface area contributed by atoms with Crippen molar-refractivity contribution in [1.82, 2.24) is 10.2 Å². The Bertz CT molecular complexity index is 326. The summed E-state index contributed by atoms with van der Waals surface area (Å²) >= 11 is 0. The molecule has 0 amide bonds. The van der Waals surface area contributed by atoms with Crippen LogP contribution >= 0.6 is 0 Å². The molecule has 1 saturated carbocycles. The molecule has 1 aromatic heterocycles. The van der Waals surface area contributed by atoms with Crippen LogP contribution in [0.25, 0.3) is 0 Å². The largest absolute Gasteiger partial charge is 0.472 e. The van der Waals surface area contributed by atoms with Gasteiger partial charge in [-0.1, -0.05) is 12.8 Å². The van der Waals surface area contributed by atoms with Crippen molar-refractivity contribution in [2.45, 2.75) is 51.2 Å². The van der Waals surface area contributed by atoms with Crippen LogP contribution in [0.5, 0.6) is 5.88 Å². The van der Waals surface area contributed by atoms with Gasteiger partial charge in [-0.3, -0.25) is 0 Å². The number of ether oxygens (including phenoxy) is 1. The second-order valence-electron chi connectivity index (χ2n) is 4.47. The summed E-state index contributed by atoms with van der Waals surface area (Å²) in [7, 11) is 0. The molecule has 1 aliphatic carbocycles. The van der Waals surface area contributed by atoms with Crippen LogP contribution in [-0.4, -0.2) is 22.3 Å². The van der Waals surface area contributed by atoms with Crippen molar-refractivity contribution in [3.8, 4) is 5.88 Å². The summed E-state index contributed by atoms with van der Waals surface area (Å²) in [5, 5.41) is 7.99. The van der Waals surface area contributed by atoms with E-state index in [9.17, 15) is 0 Å². The van der Waals surface area contributed by atoms with Crippen molar-refractivity contribution in [3.63, 3.8) is 0 Å². The Labute approximate surface area is 96.2 Å². The molecule has 4 heteroatoms. The molecule has 1 fully saturated rings. The van der Waals surface area contributed by atoms with Crippen LogP contribution in [0, 0.1) is 6.92 Å². The molecule has 2 N–H and O–H groups in total. The van der Waals surface area contributed by atoms with Crippen LogP contribution in [0.4, 0.5) is 0 Å². The van der Waals surface area contributed by atoms with Crippen LogP contribution < -0.4 is 10.5 Å². The summed E-state index contributed by atoms with van der Waals surface area (Å²) in [4.78, 5) is 0. The van der Waals surface area contributed by atoms with Crippen LogP contribution in [0.1, 0.15) is 37.8 Å². The Morgan fingerprint density at radius 1 is 1.19 bits per heavy atom. The predicted octanol–water partition coefficient (Wildman–Crippen LogP) is 1.82. The second-order valence-corrected chi connectivity index (χ2v) is 4.47. The number of hydrogen-bond donors (Lipinski definition) is 1. The fraction of sp³-hybridized carbons (Fsp3) is 0.667. The maximum Gasteiger partial charge on any atom is 0.233 e. The number of nitrogens with zero attached hydrogens (tertiary/aromatic N) is 2. The quantitative estimate of drug-likeness (QED) is 0.774. The summed E-state index contributed by atoms with van der Waals surface area (Å²) in [6, 6.07) is 3.90. The molecule has 0 aromatic carbocycles. The van der Waals surface area contributed by atoms with Gasteiger partial charge in [0.15, 0.2) is 0 Å². The third kappa shape index (κ3) is 2.92. The van der Waals surface area contributed by atoms with Crippen LogP contribution in [-0.2, 0) is 0 Å². The van der Waals surface area contributed by atoms with Gasteiger partial charge >= 0.3 is 0 Å². The van der Waals surface area contributed by atoms with E-state index in [0.717, 1.165) is 18.5 Å². The molecular weight excluding hydrogens is 202 g/mol. The Morgan fingerprint density at radius 2 is 2.00 bits per heavy atom. The van der Waals surface area contributed by atoms with Gasteiger partial charge in [0.25, 0.3) is 0 Å². The topological polar surface area (TPSA) is 61.0 Å². The molecule has 4 nitrogen and oxygen atoms in total. The van der Waals surface area contributed by atoms with Gasteiger partial charge < -0.3 is 10.5 Å². The lowest BCUT2D eigenvalue weighted by Gasteiger charge is -2.21. The van der Waals surface area contributed by atoms with Crippen molar-refractivity contribution < 1.29 is 4.74 Å². The molecule has 2 rings (SSSR count). The molecule has 0 bridgehead atoms. The first-order valence-electron chi connectivity index (χ1n) is 5.98. The summed E-state index contributed by atoms with van der Waals surface area (Å²) < 4.78 is 5.80. The van der Waals surface area contributed by atoms with Crippen molar-refractivity contribution in [2.24, 2.45) is 5.73 Å². The van der Waals surface area contributed by atoms with Gasteiger partial charge in [-0.05, 0) is 32.3 Å². The minimum atomic E-state index is 0.0968. The summed E-state index contributed by atoms with van der Waals surface area (Å²) in [5.41, 5.74) is 6.98. The fourth-order valence-corrected chi connectivity index (χ4v) is 2.05. The Kier molecular flexibility index (Phi) is 3.72. The summed E-state index contributed by atoms with van der Waals surface area (Å²) in [5.74, 6) is 0.591. The van der Waals surface area contributed by atoms with Gasteiger partial charge in [-0.2, -0.15) is 5.10 Å². The predicted molar refractivity (Wildman–Crippen MR) is 62.2 cm³/mol. The van der Waals surface area contributed by atoms with Crippen LogP contribution in [0.15, 0.2) is 12.1 Å². The van der Waals surface area contributed by atoms with Crippen molar-refractivity contribution >= 4 is 0 Å². The average molecular weight is 221 g/mol. The maximum atomic E-state index is 6.08. The Morgan fingerprint density at radius 3 is 2.75 bits per heavy atom. The molecule has 1 aromatic rings. The molecule has 0 spiro atoms. The molecule has 0 aliphatic heterocycles.